The Morgan fingerprint density at radius 3 is 2.21 bits per heavy atom. The molecule has 0 bridgehead atoms. The smallest absolute Gasteiger partial charge is 0.333 e. The van der Waals surface area contributed by atoms with Crippen LogP contribution >= 0.6 is 0 Å². The summed E-state index contributed by atoms with van der Waals surface area (Å²) in [4.78, 5) is 41.7. The van der Waals surface area contributed by atoms with Crippen LogP contribution in [0.4, 0.5) is 0 Å². The van der Waals surface area contributed by atoms with Gasteiger partial charge in [0.15, 0.2) is 0 Å². The first-order valence-electron chi connectivity index (χ1n) is 13.2. The Morgan fingerprint density at radius 1 is 1.09 bits per heavy atom. The average molecular weight is 482 g/mol. The molecule has 1 saturated heterocycles. The molecule has 0 aromatic heterocycles. The van der Waals surface area contributed by atoms with Crippen molar-refractivity contribution in [3.8, 4) is 0 Å². The van der Waals surface area contributed by atoms with Crippen LogP contribution in [0.15, 0.2) is 11.6 Å². The number of hydrogen-bond acceptors (Lipinski definition) is 5. The normalized spacial score (nSPS) is 18.4. The van der Waals surface area contributed by atoms with Crippen molar-refractivity contribution in [2.75, 3.05) is 26.7 Å². The molecule has 0 aromatic carbocycles. The molecule has 198 valence electrons. The number of hydrogen-bond donors (Lipinski definition) is 1. The van der Waals surface area contributed by atoms with E-state index in [0.717, 1.165) is 32.2 Å². The van der Waals surface area contributed by atoms with E-state index in [1.807, 2.05) is 13.8 Å². The van der Waals surface area contributed by atoms with Gasteiger partial charge in [-0.1, -0.05) is 60.0 Å². The second-order valence-electron chi connectivity index (χ2n) is 9.56. The lowest BCUT2D eigenvalue weighted by Crippen LogP contribution is -2.58. The van der Waals surface area contributed by atoms with E-state index >= 15 is 0 Å². The van der Waals surface area contributed by atoms with Crippen molar-refractivity contribution in [2.24, 2.45) is 5.92 Å². The number of rotatable bonds is 11. The van der Waals surface area contributed by atoms with Gasteiger partial charge in [-0.25, -0.2) is 4.79 Å². The summed E-state index contributed by atoms with van der Waals surface area (Å²) in [5.41, 5.74) is 0.466. The third-order valence-electron chi connectivity index (χ3n) is 6.38. The van der Waals surface area contributed by atoms with Crippen molar-refractivity contribution in [2.45, 2.75) is 112 Å². The molecule has 0 radical (unpaired) electrons. The van der Waals surface area contributed by atoms with Gasteiger partial charge in [-0.15, -0.1) is 0 Å². The fourth-order valence-electron chi connectivity index (χ4n) is 3.69. The molecule has 1 N–H and O–H groups in total. The fourth-order valence-corrected chi connectivity index (χ4v) is 3.69. The number of nitrogens with one attached hydrogen (secondary N) is 1. The van der Waals surface area contributed by atoms with E-state index < -0.39 is 6.04 Å². The SMILES string of the molecule is CCCC.CCOC(=O)/C(C)=C/CN(C)C(=O)C(NC(=O)C1CCCCN1C(C)CC)C(C)C. The van der Waals surface area contributed by atoms with Crippen molar-refractivity contribution in [1.29, 1.82) is 0 Å². The Labute approximate surface area is 208 Å². The van der Waals surface area contributed by atoms with E-state index in [0.29, 0.717) is 18.2 Å². The first-order valence-corrected chi connectivity index (χ1v) is 13.2. The van der Waals surface area contributed by atoms with E-state index in [9.17, 15) is 14.4 Å². The maximum atomic E-state index is 13.1. The predicted molar refractivity (Wildman–Crippen MR) is 139 cm³/mol. The highest BCUT2D eigenvalue weighted by molar-refractivity contribution is 5.90. The van der Waals surface area contributed by atoms with Crippen molar-refractivity contribution in [1.82, 2.24) is 15.1 Å². The first kappa shape index (κ1) is 32.1. The quantitative estimate of drug-likeness (QED) is 0.346. The van der Waals surface area contributed by atoms with E-state index in [4.69, 9.17) is 4.74 Å². The lowest BCUT2D eigenvalue weighted by molar-refractivity contribution is -0.139. The molecule has 1 heterocycles. The summed E-state index contributed by atoms with van der Waals surface area (Å²) in [6, 6.07) is -0.438. The van der Waals surface area contributed by atoms with Gasteiger partial charge in [0, 0.05) is 25.2 Å². The molecule has 34 heavy (non-hydrogen) atoms. The molecule has 0 spiro atoms. The van der Waals surface area contributed by atoms with Crippen molar-refractivity contribution < 1.29 is 19.1 Å². The Balaban J connectivity index is 0.00000251. The predicted octanol–water partition coefficient (Wildman–Crippen LogP) is 4.55. The number of likely N-dealkylation sites (tertiary alicyclic amines) is 1. The highest BCUT2D eigenvalue weighted by atomic mass is 16.5. The third kappa shape index (κ3) is 11.0. The summed E-state index contributed by atoms with van der Waals surface area (Å²) in [6.45, 7) is 17.5. The van der Waals surface area contributed by atoms with Gasteiger partial charge >= 0.3 is 5.97 Å². The summed E-state index contributed by atoms with van der Waals surface area (Å²) in [5.74, 6) is -0.639. The van der Waals surface area contributed by atoms with Crippen LogP contribution in [0, 0.1) is 5.92 Å². The zero-order valence-corrected chi connectivity index (χ0v) is 23.3. The molecular weight excluding hydrogens is 430 g/mol. The number of likely N-dealkylation sites (N-methyl/N-ethyl adjacent to an activating group) is 1. The monoisotopic (exact) mass is 481 g/mol. The topological polar surface area (TPSA) is 79.0 Å². The molecule has 3 atom stereocenters. The van der Waals surface area contributed by atoms with E-state index in [-0.39, 0.29) is 36.3 Å². The molecule has 1 aliphatic rings. The Bertz CT molecular complexity index is 646. The molecular formula is C27H51N3O4. The number of esters is 1. The van der Waals surface area contributed by atoms with Gasteiger partial charge in [-0.3, -0.25) is 14.5 Å². The minimum atomic E-state index is -0.598. The molecule has 3 unspecified atom stereocenters. The van der Waals surface area contributed by atoms with Crippen LogP contribution in [-0.4, -0.2) is 72.5 Å². The lowest BCUT2D eigenvalue weighted by atomic mass is 9.96. The van der Waals surface area contributed by atoms with Crippen LogP contribution in [0.1, 0.15) is 93.9 Å². The molecule has 2 amide bonds. The van der Waals surface area contributed by atoms with Crippen LogP contribution in [0.2, 0.25) is 0 Å². The summed E-state index contributed by atoms with van der Waals surface area (Å²) in [7, 11) is 1.69. The van der Waals surface area contributed by atoms with Crippen LogP contribution in [0.5, 0.6) is 0 Å². The number of ether oxygens (including phenoxy) is 1. The number of unbranched alkanes of at least 4 members (excludes halogenated alkanes) is 1. The van der Waals surface area contributed by atoms with Gasteiger partial charge in [0.2, 0.25) is 11.8 Å². The largest absolute Gasteiger partial charge is 0.463 e. The minimum Gasteiger partial charge on any atom is -0.463 e. The zero-order chi connectivity index (χ0) is 26.3. The van der Waals surface area contributed by atoms with Crippen LogP contribution in [0.25, 0.3) is 0 Å². The van der Waals surface area contributed by atoms with E-state index in [1.54, 1.807) is 31.9 Å². The van der Waals surface area contributed by atoms with Crippen molar-refractivity contribution in [3.63, 3.8) is 0 Å². The molecule has 0 saturated carbocycles. The van der Waals surface area contributed by atoms with Crippen LogP contribution in [-0.2, 0) is 19.1 Å². The molecule has 1 fully saturated rings. The van der Waals surface area contributed by atoms with Gasteiger partial charge in [0.1, 0.15) is 6.04 Å². The summed E-state index contributed by atoms with van der Waals surface area (Å²) in [5, 5.41) is 3.02. The summed E-state index contributed by atoms with van der Waals surface area (Å²) >= 11 is 0. The van der Waals surface area contributed by atoms with Gasteiger partial charge in [0.05, 0.1) is 12.6 Å². The Kier molecular flexibility index (Phi) is 16.6. The minimum absolute atomic E-state index is 0.0420. The number of amides is 2. The van der Waals surface area contributed by atoms with Crippen LogP contribution in [0.3, 0.4) is 0 Å². The Morgan fingerprint density at radius 2 is 1.71 bits per heavy atom. The van der Waals surface area contributed by atoms with Gasteiger partial charge in [-0.05, 0) is 52.5 Å². The maximum absolute atomic E-state index is 13.1. The third-order valence-corrected chi connectivity index (χ3v) is 6.38. The molecule has 7 nitrogen and oxygen atoms in total. The average Bonchev–Trinajstić information content (AvgIpc) is 2.84. The summed E-state index contributed by atoms with van der Waals surface area (Å²) in [6.07, 6.45) is 8.28. The summed E-state index contributed by atoms with van der Waals surface area (Å²) < 4.78 is 4.97. The van der Waals surface area contributed by atoms with Crippen molar-refractivity contribution in [3.05, 3.63) is 11.6 Å². The number of carbonyl (C=O) groups is 3. The van der Waals surface area contributed by atoms with Crippen LogP contribution < -0.4 is 5.32 Å². The number of carbonyl (C=O) groups excluding carboxylic acids is 3. The molecule has 1 aliphatic heterocycles. The van der Waals surface area contributed by atoms with Gasteiger partial charge < -0.3 is 15.0 Å². The lowest BCUT2D eigenvalue weighted by Gasteiger charge is -2.39. The second kappa shape index (κ2) is 17.5. The zero-order valence-electron chi connectivity index (χ0n) is 23.3. The highest BCUT2D eigenvalue weighted by Gasteiger charge is 2.34. The van der Waals surface area contributed by atoms with Crippen molar-refractivity contribution >= 4 is 17.8 Å². The number of piperidine rings is 1. The van der Waals surface area contributed by atoms with Gasteiger partial charge in [-0.2, -0.15) is 0 Å². The fraction of sp³-hybridized carbons (Fsp3) is 0.815. The molecule has 7 heteroatoms. The highest BCUT2D eigenvalue weighted by Crippen LogP contribution is 2.21. The molecule has 0 aromatic rings. The number of nitrogens with zero attached hydrogens (tertiary/aromatic N) is 2. The first-order chi connectivity index (χ1) is 16.0. The van der Waals surface area contributed by atoms with Gasteiger partial charge in [0.25, 0.3) is 0 Å². The maximum Gasteiger partial charge on any atom is 0.333 e. The standard InChI is InChI=1S/C23H41N3O4.C4H10/c1-8-18(6)26-14-11-10-12-19(26)21(27)24-20(16(3)4)22(28)25(7)15-13-17(5)23(29)30-9-2;1-3-4-2/h13,16,18-20H,8-12,14-15H2,1-7H3,(H,24,27);3-4H2,1-2H3/b17-13+;. The van der Waals surface area contributed by atoms with E-state index in [1.165, 1.54) is 12.8 Å². The Hall–Kier alpha value is -1.89. The molecule has 0 aliphatic carbocycles. The second-order valence-corrected chi connectivity index (χ2v) is 9.56. The molecule has 1 rings (SSSR count). The van der Waals surface area contributed by atoms with E-state index in [2.05, 4.69) is 37.9 Å².